The fraction of sp³-hybridized carbons (Fsp3) is 0.0909. The lowest BCUT2D eigenvalue weighted by Crippen LogP contribution is -1.79. The average Bonchev–Trinajstić information content (AvgIpc) is 2.47. The first-order valence-corrected chi connectivity index (χ1v) is 3.60. The Morgan fingerprint density at radius 2 is 1.92 bits per heavy atom. The Kier molecular flexibility index (Phi) is 2.34. The zero-order valence-electron chi connectivity index (χ0n) is 6.20. The maximum absolute atomic E-state index is 3.72. The van der Waals surface area contributed by atoms with Crippen molar-refractivity contribution in [2.75, 3.05) is 0 Å². The van der Waals surface area contributed by atoms with Crippen molar-refractivity contribution in [1.29, 1.82) is 0 Å². The molecule has 0 saturated heterocycles. The molecule has 1 aromatic carbocycles. The lowest BCUT2D eigenvalue weighted by atomic mass is 10.2. The van der Waals surface area contributed by atoms with Gasteiger partial charge in [0.05, 0.1) is 5.52 Å². The molecule has 12 heavy (non-hydrogen) atoms. The zero-order chi connectivity index (χ0) is 7.68. The number of hydrogen-bond donors (Lipinski definition) is 0. The van der Waals surface area contributed by atoms with Gasteiger partial charge in [0.15, 0.2) is 0 Å². The van der Waals surface area contributed by atoms with Crippen molar-refractivity contribution in [2.24, 2.45) is 0 Å². The molecule has 1 heteroatoms. The predicted octanol–water partition coefficient (Wildman–Crippen LogP) is 3.38. The number of para-hydroxylation sites is 1. The summed E-state index contributed by atoms with van der Waals surface area (Å²) >= 11 is 0. The molecule has 0 N–H and O–H groups in total. The fourth-order valence-corrected chi connectivity index (χ4v) is 1.26. The molecule has 0 aliphatic rings. The Morgan fingerprint density at radius 3 is 2.67 bits per heavy atom. The molecule has 0 radical (unpaired) electrons. The number of nitrogens with zero attached hydrogens (tertiary/aromatic N) is 1. The van der Waals surface area contributed by atoms with Crippen LogP contribution >= 0.6 is 0 Å². The summed E-state index contributed by atoms with van der Waals surface area (Å²) in [5, 5.41) is 1.26. The van der Waals surface area contributed by atoms with E-state index in [0.29, 0.717) is 0 Å². The molecular weight excluding hydrogens is 146 g/mol. The highest BCUT2D eigenvalue weighted by Gasteiger charge is 1.93. The van der Waals surface area contributed by atoms with E-state index < -0.39 is 0 Å². The third kappa shape index (κ3) is 1.14. The van der Waals surface area contributed by atoms with E-state index >= 15 is 0 Å². The van der Waals surface area contributed by atoms with Crippen LogP contribution in [0.15, 0.2) is 43.1 Å². The van der Waals surface area contributed by atoms with Gasteiger partial charge in [-0.15, -0.1) is 0 Å². The summed E-state index contributed by atoms with van der Waals surface area (Å²) in [5.74, 6) is 0. The molecule has 0 atom stereocenters. The second-order valence-electron chi connectivity index (χ2n) is 2.46. The molecule has 0 spiro atoms. The molecule has 2 rings (SSSR count). The SMILES string of the molecule is C.C=Cn1ccc2ccccc21. The van der Waals surface area contributed by atoms with Crippen LogP contribution in [-0.2, 0) is 0 Å². The topological polar surface area (TPSA) is 4.93 Å². The number of aromatic nitrogens is 1. The standard InChI is InChI=1S/C10H9N.CH4/c1-2-11-8-7-9-5-3-4-6-10(9)11;/h2-8H,1H2;1H4. The summed E-state index contributed by atoms with van der Waals surface area (Å²) in [4.78, 5) is 0. The van der Waals surface area contributed by atoms with Crippen molar-refractivity contribution in [2.45, 2.75) is 7.43 Å². The molecule has 0 aliphatic carbocycles. The van der Waals surface area contributed by atoms with E-state index in [9.17, 15) is 0 Å². The Morgan fingerprint density at radius 1 is 1.17 bits per heavy atom. The van der Waals surface area contributed by atoms with Gasteiger partial charge in [-0.3, -0.25) is 0 Å². The van der Waals surface area contributed by atoms with E-state index in [1.807, 2.05) is 29.1 Å². The van der Waals surface area contributed by atoms with E-state index in [0.717, 1.165) is 0 Å². The Balaban J connectivity index is 0.000000720. The van der Waals surface area contributed by atoms with Crippen molar-refractivity contribution < 1.29 is 0 Å². The van der Waals surface area contributed by atoms with E-state index in [1.165, 1.54) is 10.9 Å². The first-order valence-electron chi connectivity index (χ1n) is 3.60. The maximum Gasteiger partial charge on any atom is 0.0522 e. The van der Waals surface area contributed by atoms with Gasteiger partial charge in [-0.05, 0) is 17.5 Å². The van der Waals surface area contributed by atoms with Crippen LogP contribution in [-0.4, -0.2) is 4.57 Å². The molecule has 0 saturated carbocycles. The minimum absolute atomic E-state index is 0. The normalized spacial score (nSPS) is 9.33. The van der Waals surface area contributed by atoms with Crippen molar-refractivity contribution in [3.63, 3.8) is 0 Å². The molecule has 0 aliphatic heterocycles. The highest BCUT2D eigenvalue weighted by atomic mass is 14.9. The van der Waals surface area contributed by atoms with Gasteiger partial charge in [0, 0.05) is 12.4 Å². The Hall–Kier alpha value is -1.50. The van der Waals surface area contributed by atoms with E-state index in [2.05, 4.69) is 24.8 Å². The maximum atomic E-state index is 3.72. The predicted molar refractivity (Wildman–Crippen MR) is 55.1 cm³/mol. The highest BCUT2D eigenvalue weighted by molar-refractivity contribution is 5.81. The fourth-order valence-electron chi connectivity index (χ4n) is 1.26. The van der Waals surface area contributed by atoms with Gasteiger partial charge in [-0.25, -0.2) is 0 Å². The van der Waals surface area contributed by atoms with Gasteiger partial charge in [0.25, 0.3) is 0 Å². The summed E-state index contributed by atoms with van der Waals surface area (Å²) in [6, 6.07) is 10.3. The monoisotopic (exact) mass is 159 g/mol. The second kappa shape index (κ2) is 3.26. The molecule has 62 valence electrons. The highest BCUT2D eigenvalue weighted by Crippen LogP contribution is 2.14. The van der Waals surface area contributed by atoms with Crippen LogP contribution in [0.2, 0.25) is 0 Å². The van der Waals surface area contributed by atoms with Crippen LogP contribution in [0.4, 0.5) is 0 Å². The van der Waals surface area contributed by atoms with Crippen LogP contribution in [0, 0.1) is 0 Å². The summed E-state index contributed by atoms with van der Waals surface area (Å²) < 4.78 is 2.01. The van der Waals surface area contributed by atoms with Gasteiger partial charge in [-0.1, -0.05) is 32.2 Å². The smallest absolute Gasteiger partial charge is 0.0522 e. The third-order valence-electron chi connectivity index (χ3n) is 1.83. The van der Waals surface area contributed by atoms with Crippen LogP contribution in [0.3, 0.4) is 0 Å². The summed E-state index contributed by atoms with van der Waals surface area (Å²) in [5.41, 5.74) is 1.21. The molecule has 2 aromatic rings. The van der Waals surface area contributed by atoms with Crippen molar-refractivity contribution in [1.82, 2.24) is 4.57 Å². The summed E-state index contributed by atoms with van der Waals surface area (Å²) in [6.07, 6.45) is 3.82. The van der Waals surface area contributed by atoms with Crippen LogP contribution in [0.25, 0.3) is 17.1 Å². The average molecular weight is 159 g/mol. The second-order valence-corrected chi connectivity index (χ2v) is 2.46. The molecule has 0 fully saturated rings. The van der Waals surface area contributed by atoms with Crippen molar-refractivity contribution in [3.05, 3.63) is 43.1 Å². The Labute approximate surface area is 72.9 Å². The molecule has 1 aromatic heterocycles. The van der Waals surface area contributed by atoms with E-state index in [1.54, 1.807) is 0 Å². The molecule has 0 bridgehead atoms. The van der Waals surface area contributed by atoms with E-state index in [-0.39, 0.29) is 7.43 Å². The van der Waals surface area contributed by atoms with Crippen molar-refractivity contribution in [3.8, 4) is 0 Å². The Bertz CT molecular complexity index is 385. The first kappa shape index (κ1) is 8.60. The van der Waals surface area contributed by atoms with Crippen LogP contribution in [0.1, 0.15) is 7.43 Å². The lowest BCUT2D eigenvalue weighted by Gasteiger charge is -1.94. The lowest BCUT2D eigenvalue weighted by molar-refractivity contribution is 1.23. The molecule has 1 nitrogen and oxygen atoms in total. The number of benzene rings is 1. The van der Waals surface area contributed by atoms with Gasteiger partial charge in [0.1, 0.15) is 0 Å². The minimum Gasteiger partial charge on any atom is -0.324 e. The summed E-state index contributed by atoms with van der Waals surface area (Å²) in [6.45, 7) is 3.72. The largest absolute Gasteiger partial charge is 0.324 e. The number of hydrogen-bond acceptors (Lipinski definition) is 0. The zero-order valence-corrected chi connectivity index (χ0v) is 6.20. The quantitative estimate of drug-likeness (QED) is 0.601. The van der Waals surface area contributed by atoms with Gasteiger partial charge in [0.2, 0.25) is 0 Å². The van der Waals surface area contributed by atoms with Crippen LogP contribution < -0.4 is 0 Å². The van der Waals surface area contributed by atoms with Crippen LogP contribution in [0.5, 0.6) is 0 Å². The molecule has 1 heterocycles. The van der Waals surface area contributed by atoms with Gasteiger partial charge in [-0.2, -0.15) is 0 Å². The molecule has 0 unspecified atom stereocenters. The van der Waals surface area contributed by atoms with Gasteiger partial charge < -0.3 is 4.57 Å². The summed E-state index contributed by atoms with van der Waals surface area (Å²) in [7, 11) is 0. The van der Waals surface area contributed by atoms with E-state index in [4.69, 9.17) is 0 Å². The molecular formula is C11H13N. The molecule has 0 amide bonds. The van der Waals surface area contributed by atoms with Crippen molar-refractivity contribution >= 4 is 17.1 Å². The van der Waals surface area contributed by atoms with Gasteiger partial charge >= 0.3 is 0 Å². The minimum atomic E-state index is 0. The third-order valence-corrected chi connectivity index (χ3v) is 1.83. The number of rotatable bonds is 1. The first-order chi connectivity index (χ1) is 5.42. The number of fused-ring (bicyclic) bond motifs is 1.